The Labute approximate surface area is 117 Å². The highest BCUT2D eigenvalue weighted by atomic mass is 32.2. The SMILES string of the molecule is Cc1cccc(CSCC(=O)N(C)C(C)C(=O)O)c1. The molecule has 1 aromatic carbocycles. The average Bonchev–Trinajstić information content (AvgIpc) is 2.36. The van der Waals surface area contributed by atoms with Crippen LogP contribution in [0, 0.1) is 6.92 Å². The molecule has 0 bridgehead atoms. The van der Waals surface area contributed by atoms with Crippen LogP contribution in [0.25, 0.3) is 0 Å². The van der Waals surface area contributed by atoms with E-state index in [4.69, 9.17) is 5.11 Å². The van der Waals surface area contributed by atoms with Gasteiger partial charge >= 0.3 is 5.97 Å². The van der Waals surface area contributed by atoms with E-state index < -0.39 is 12.0 Å². The van der Waals surface area contributed by atoms with Crippen molar-refractivity contribution in [2.75, 3.05) is 12.8 Å². The van der Waals surface area contributed by atoms with E-state index in [1.165, 1.54) is 41.8 Å². The van der Waals surface area contributed by atoms with Gasteiger partial charge in [0.25, 0.3) is 0 Å². The highest BCUT2D eigenvalue weighted by molar-refractivity contribution is 7.99. The minimum absolute atomic E-state index is 0.160. The van der Waals surface area contributed by atoms with Crippen LogP contribution in [0.3, 0.4) is 0 Å². The number of nitrogens with zero attached hydrogens (tertiary/aromatic N) is 1. The van der Waals surface area contributed by atoms with Gasteiger partial charge in [0.05, 0.1) is 5.75 Å². The lowest BCUT2D eigenvalue weighted by Gasteiger charge is -2.21. The number of amides is 1. The molecule has 5 heteroatoms. The number of carbonyl (C=O) groups is 2. The molecular weight excluding hydrogens is 262 g/mol. The molecule has 0 aliphatic rings. The quantitative estimate of drug-likeness (QED) is 0.868. The van der Waals surface area contributed by atoms with Crippen molar-refractivity contribution in [2.24, 2.45) is 0 Å². The molecule has 0 aromatic heterocycles. The van der Waals surface area contributed by atoms with Gasteiger partial charge in [0.15, 0.2) is 0 Å². The monoisotopic (exact) mass is 281 g/mol. The van der Waals surface area contributed by atoms with Crippen molar-refractivity contribution in [3.8, 4) is 0 Å². The van der Waals surface area contributed by atoms with Crippen LogP contribution in [-0.2, 0) is 15.3 Å². The number of benzene rings is 1. The van der Waals surface area contributed by atoms with Crippen LogP contribution in [0.1, 0.15) is 18.1 Å². The van der Waals surface area contributed by atoms with Gasteiger partial charge in [-0.1, -0.05) is 29.8 Å². The van der Waals surface area contributed by atoms with E-state index in [0.29, 0.717) is 5.75 Å². The van der Waals surface area contributed by atoms with Gasteiger partial charge in [-0.25, -0.2) is 4.79 Å². The van der Waals surface area contributed by atoms with E-state index in [9.17, 15) is 9.59 Å². The van der Waals surface area contributed by atoms with Gasteiger partial charge in [0.1, 0.15) is 6.04 Å². The zero-order chi connectivity index (χ0) is 14.4. The van der Waals surface area contributed by atoms with Crippen molar-refractivity contribution in [3.05, 3.63) is 35.4 Å². The summed E-state index contributed by atoms with van der Waals surface area (Å²) in [7, 11) is 1.52. The molecule has 0 fully saturated rings. The number of rotatable bonds is 6. The largest absolute Gasteiger partial charge is 0.480 e. The lowest BCUT2D eigenvalue weighted by Crippen LogP contribution is -2.41. The Bertz CT molecular complexity index is 462. The van der Waals surface area contributed by atoms with Gasteiger partial charge in [-0.3, -0.25) is 4.79 Å². The van der Waals surface area contributed by atoms with Gasteiger partial charge in [0.2, 0.25) is 5.91 Å². The summed E-state index contributed by atoms with van der Waals surface area (Å²) in [5.74, 6) is -0.0998. The second-order valence-corrected chi connectivity index (χ2v) is 5.49. The molecule has 1 unspecified atom stereocenters. The summed E-state index contributed by atoms with van der Waals surface area (Å²) in [5, 5.41) is 8.83. The second-order valence-electron chi connectivity index (χ2n) is 4.50. The first kappa shape index (κ1) is 15.6. The molecule has 0 heterocycles. The zero-order valence-corrected chi connectivity index (χ0v) is 12.2. The maximum absolute atomic E-state index is 11.8. The standard InChI is InChI=1S/C14H19NO3S/c1-10-5-4-6-12(7-10)8-19-9-13(16)15(3)11(2)14(17)18/h4-7,11H,8-9H2,1-3H3,(H,17,18). The number of hydrogen-bond acceptors (Lipinski definition) is 3. The predicted octanol–water partition coefficient (Wildman–Crippen LogP) is 2.16. The van der Waals surface area contributed by atoms with Crippen LogP contribution in [0.5, 0.6) is 0 Å². The van der Waals surface area contributed by atoms with Gasteiger partial charge in [0, 0.05) is 12.8 Å². The van der Waals surface area contributed by atoms with Crippen molar-refractivity contribution < 1.29 is 14.7 Å². The minimum atomic E-state index is -0.987. The third-order valence-electron chi connectivity index (χ3n) is 2.91. The number of likely N-dealkylation sites (N-methyl/N-ethyl adjacent to an activating group) is 1. The van der Waals surface area contributed by atoms with E-state index in [2.05, 4.69) is 6.07 Å². The molecule has 1 N–H and O–H groups in total. The highest BCUT2D eigenvalue weighted by Crippen LogP contribution is 2.14. The summed E-state index contributed by atoms with van der Waals surface area (Å²) in [5.41, 5.74) is 2.37. The van der Waals surface area contributed by atoms with Crippen LogP contribution >= 0.6 is 11.8 Å². The summed E-state index contributed by atoms with van der Waals surface area (Å²) in [4.78, 5) is 23.8. The van der Waals surface area contributed by atoms with Crippen molar-refractivity contribution in [2.45, 2.75) is 25.6 Å². The summed E-state index contributed by atoms with van der Waals surface area (Å²) in [6.07, 6.45) is 0. The highest BCUT2D eigenvalue weighted by Gasteiger charge is 2.21. The fraction of sp³-hybridized carbons (Fsp3) is 0.429. The molecule has 0 aliphatic heterocycles. The first-order chi connectivity index (χ1) is 8.91. The van der Waals surface area contributed by atoms with Crippen molar-refractivity contribution in [1.29, 1.82) is 0 Å². The first-order valence-corrected chi connectivity index (χ1v) is 7.19. The molecule has 104 valence electrons. The molecule has 1 rings (SSSR count). The zero-order valence-electron chi connectivity index (χ0n) is 11.4. The van der Waals surface area contributed by atoms with E-state index in [1.54, 1.807) is 0 Å². The van der Waals surface area contributed by atoms with Crippen LogP contribution in [0.4, 0.5) is 0 Å². The number of thioether (sulfide) groups is 1. The van der Waals surface area contributed by atoms with Gasteiger partial charge in [-0.2, -0.15) is 0 Å². The fourth-order valence-corrected chi connectivity index (χ4v) is 2.44. The molecule has 0 saturated carbocycles. The van der Waals surface area contributed by atoms with Gasteiger partial charge < -0.3 is 10.0 Å². The Morgan fingerprint density at radius 3 is 2.68 bits per heavy atom. The number of aliphatic carboxylic acids is 1. The number of aryl methyl sites for hydroxylation is 1. The first-order valence-electron chi connectivity index (χ1n) is 6.03. The molecule has 1 amide bonds. The van der Waals surface area contributed by atoms with Gasteiger partial charge in [-0.05, 0) is 19.4 Å². The molecule has 0 aliphatic carbocycles. The van der Waals surface area contributed by atoms with Crippen LogP contribution in [0.2, 0.25) is 0 Å². The lowest BCUT2D eigenvalue weighted by molar-refractivity contribution is -0.147. The lowest BCUT2D eigenvalue weighted by atomic mass is 10.2. The van der Waals surface area contributed by atoms with Crippen LogP contribution in [-0.4, -0.2) is 40.7 Å². The Morgan fingerprint density at radius 2 is 2.11 bits per heavy atom. The van der Waals surface area contributed by atoms with Crippen LogP contribution < -0.4 is 0 Å². The smallest absolute Gasteiger partial charge is 0.326 e. The maximum Gasteiger partial charge on any atom is 0.326 e. The molecule has 0 radical (unpaired) electrons. The van der Waals surface area contributed by atoms with E-state index >= 15 is 0 Å². The summed E-state index contributed by atoms with van der Waals surface area (Å²) in [6, 6.07) is 7.34. The maximum atomic E-state index is 11.8. The molecule has 1 atom stereocenters. The molecule has 4 nitrogen and oxygen atoms in total. The molecule has 19 heavy (non-hydrogen) atoms. The number of hydrogen-bond donors (Lipinski definition) is 1. The Hall–Kier alpha value is -1.49. The summed E-state index contributed by atoms with van der Waals surface area (Å²) < 4.78 is 0. The van der Waals surface area contributed by atoms with Crippen LogP contribution in [0.15, 0.2) is 24.3 Å². The Balaban J connectivity index is 2.41. The molecule has 0 saturated heterocycles. The topological polar surface area (TPSA) is 57.6 Å². The van der Waals surface area contributed by atoms with Crippen molar-refractivity contribution in [1.82, 2.24) is 4.90 Å². The average molecular weight is 281 g/mol. The number of carbonyl (C=O) groups excluding carboxylic acids is 1. The predicted molar refractivity (Wildman–Crippen MR) is 77.2 cm³/mol. The Kier molecular flexibility index (Phi) is 5.89. The normalized spacial score (nSPS) is 11.9. The van der Waals surface area contributed by atoms with Crippen molar-refractivity contribution >= 4 is 23.6 Å². The van der Waals surface area contributed by atoms with Crippen molar-refractivity contribution in [3.63, 3.8) is 0 Å². The third-order valence-corrected chi connectivity index (χ3v) is 3.90. The van der Waals surface area contributed by atoms with E-state index in [0.717, 1.165) is 5.75 Å². The molecule has 0 spiro atoms. The summed E-state index contributed by atoms with van der Waals surface area (Å²) >= 11 is 1.50. The van der Waals surface area contributed by atoms with E-state index in [1.807, 2.05) is 25.1 Å². The third kappa shape index (κ3) is 4.95. The molecular formula is C14H19NO3S. The second kappa shape index (κ2) is 7.19. The number of carboxylic acids is 1. The Morgan fingerprint density at radius 1 is 1.42 bits per heavy atom. The number of carboxylic acid groups (broad SMARTS) is 1. The summed E-state index contributed by atoms with van der Waals surface area (Å²) in [6.45, 7) is 3.53. The minimum Gasteiger partial charge on any atom is -0.480 e. The fourth-order valence-electron chi connectivity index (χ4n) is 1.54. The van der Waals surface area contributed by atoms with E-state index in [-0.39, 0.29) is 5.91 Å². The van der Waals surface area contributed by atoms with Gasteiger partial charge in [-0.15, -0.1) is 11.8 Å². The molecule has 1 aromatic rings.